The molecule has 1 aliphatic rings. The number of pyridine rings is 1. The number of fused-ring (bicyclic) bond motifs is 2. The van der Waals surface area contributed by atoms with Crippen LogP contribution in [-0.4, -0.2) is 95.4 Å². The first-order valence-corrected chi connectivity index (χ1v) is 17.1. The van der Waals surface area contributed by atoms with E-state index in [0.29, 0.717) is 41.0 Å². The molecule has 0 bridgehead atoms. The van der Waals surface area contributed by atoms with E-state index in [1.165, 1.54) is 24.7 Å². The van der Waals surface area contributed by atoms with E-state index in [1.807, 2.05) is 11.9 Å². The predicted molar refractivity (Wildman–Crippen MR) is 195 cm³/mol. The maximum atomic E-state index is 14.2. The van der Waals surface area contributed by atoms with Crippen molar-refractivity contribution in [2.75, 3.05) is 49.2 Å². The summed E-state index contributed by atoms with van der Waals surface area (Å²) in [4.78, 5) is 43.4. The van der Waals surface area contributed by atoms with Gasteiger partial charge in [-0.3, -0.25) is 14.6 Å². The van der Waals surface area contributed by atoms with Crippen LogP contribution in [0.5, 0.6) is 0 Å². The first kappa shape index (κ1) is 37.5. The van der Waals surface area contributed by atoms with Crippen LogP contribution in [0.25, 0.3) is 27.9 Å². The minimum atomic E-state index is -4.61. The Labute approximate surface area is 304 Å². The highest BCUT2D eigenvalue weighted by Gasteiger charge is 2.34. The molecule has 0 atom stereocenters. The third kappa shape index (κ3) is 8.86. The molecule has 0 spiro atoms. The zero-order valence-corrected chi connectivity index (χ0v) is 30.4. The van der Waals surface area contributed by atoms with Gasteiger partial charge in [-0.15, -0.1) is 0 Å². The average molecular weight is 737 g/mol. The van der Waals surface area contributed by atoms with Crippen LogP contribution in [0.1, 0.15) is 45.7 Å². The third-order valence-electron chi connectivity index (χ3n) is 8.57. The van der Waals surface area contributed by atoms with Gasteiger partial charge in [-0.1, -0.05) is 6.07 Å². The van der Waals surface area contributed by atoms with E-state index >= 15 is 0 Å². The maximum absolute atomic E-state index is 14.2. The first-order valence-electron chi connectivity index (χ1n) is 17.1. The summed E-state index contributed by atoms with van der Waals surface area (Å²) in [5, 5.41) is 19.1. The highest BCUT2D eigenvalue weighted by molar-refractivity contribution is 6.06. The number of anilines is 3. The lowest BCUT2D eigenvalue weighted by Gasteiger charge is -2.33. The molecule has 0 radical (unpaired) electrons. The fourth-order valence-corrected chi connectivity index (χ4v) is 6.27. The van der Waals surface area contributed by atoms with Crippen LogP contribution in [0, 0.1) is 0 Å². The number of carbonyl (C=O) groups excluding carboxylic acids is 2. The molecule has 53 heavy (non-hydrogen) atoms. The molecule has 4 N–H and O–H groups in total. The number of nitrogens with zero attached hydrogens (tertiary/aromatic N) is 7. The number of aromatic nitrogens is 5. The van der Waals surface area contributed by atoms with Gasteiger partial charge in [0.05, 0.1) is 34.5 Å². The lowest BCUT2D eigenvalue weighted by Crippen LogP contribution is -2.44. The minimum absolute atomic E-state index is 0.0161. The smallest absolute Gasteiger partial charge is 0.416 e. The molecule has 0 unspecified atom stereocenters. The van der Waals surface area contributed by atoms with E-state index < -0.39 is 35.1 Å². The van der Waals surface area contributed by atoms with Gasteiger partial charge in [-0.2, -0.15) is 13.2 Å². The van der Waals surface area contributed by atoms with E-state index in [1.54, 1.807) is 68.1 Å². The molecule has 0 saturated carbocycles. The predicted octanol–water partition coefficient (Wildman–Crippen LogP) is 6.27. The summed E-state index contributed by atoms with van der Waals surface area (Å²) in [5.41, 5.74) is -0.363. The normalized spacial score (nSPS) is 14.8. The Hall–Kier alpha value is -5.26. The van der Waals surface area contributed by atoms with Gasteiger partial charge in [0.1, 0.15) is 23.4 Å². The highest BCUT2D eigenvalue weighted by Crippen LogP contribution is 2.37. The molecule has 3 amide bonds. The minimum Gasteiger partial charge on any atom is -0.444 e. The summed E-state index contributed by atoms with van der Waals surface area (Å²) < 4.78 is 51.4. The van der Waals surface area contributed by atoms with Crippen molar-refractivity contribution >= 4 is 46.0 Å². The van der Waals surface area contributed by atoms with Crippen LogP contribution in [0.2, 0.25) is 0 Å². The standard InChI is InChI=1S/C36H43F3N10O4/c1-34(2,3)53-33(51)45-29-28-24(19-48(20-35(4,5)52)31(28)42-21-41-29)27-10-9-26(30-40-11-12-49(27)30)44-32(50)43-23-8-7-22(25(17-23)36(37,38)39)18-47-15-13-46(6)14-16-47/h7-12,17,19,21,52H,13-16,18,20H2,1-6H3,(H2,43,44,50)(H,41,42,45,51). The molecule has 5 aromatic rings. The lowest BCUT2D eigenvalue weighted by molar-refractivity contribution is -0.138. The fourth-order valence-electron chi connectivity index (χ4n) is 6.27. The van der Waals surface area contributed by atoms with Crippen LogP contribution >= 0.6 is 0 Å². The maximum Gasteiger partial charge on any atom is 0.416 e. The van der Waals surface area contributed by atoms with Crippen LogP contribution in [-0.2, 0) is 24.0 Å². The number of nitrogens with one attached hydrogen (secondary N) is 3. The number of likely N-dealkylation sites (N-methyl/N-ethyl adjacent to an activating group) is 1. The Morgan fingerprint density at radius 3 is 2.34 bits per heavy atom. The van der Waals surface area contributed by atoms with Crippen molar-refractivity contribution < 1.29 is 32.6 Å². The Morgan fingerprint density at radius 1 is 0.925 bits per heavy atom. The molecule has 6 rings (SSSR count). The van der Waals surface area contributed by atoms with Crippen LogP contribution in [0.3, 0.4) is 0 Å². The summed E-state index contributed by atoms with van der Waals surface area (Å²) in [6.45, 7) is 11.7. The van der Waals surface area contributed by atoms with Gasteiger partial charge in [-0.05, 0) is 71.5 Å². The molecule has 1 saturated heterocycles. The summed E-state index contributed by atoms with van der Waals surface area (Å²) in [7, 11) is 1.98. The second kappa shape index (κ2) is 14.3. The number of aliphatic hydroxyl groups is 1. The largest absolute Gasteiger partial charge is 0.444 e. The Balaban J connectivity index is 1.29. The Bertz CT molecular complexity index is 2140. The number of imidazole rings is 1. The number of benzene rings is 1. The number of hydrogen-bond donors (Lipinski definition) is 4. The summed E-state index contributed by atoms with van der Waals surface area (Å²) in [5.74, 6) is 0.177. The van der Waals surface area contributed by atoms with Gasteiger partial charge in [0.15, 0.2) is 5.65 Å². The van der Waals surface area contributed by atoms with E-state index in [-0.39, 0.29) is 35.8 Å². The number of ether oxygens (including phenoxy) is 1. The monoisotopic (exact) mass is 736 g/mol. The first-order chi connectivity index (χ1) is 24.8. The fraction of sp³-hybridized carbons (Fsp3) is 0.417. The second-order valence-corrected chi connectivity index (χ2v) is 14.8. The molecule has 1 fully saturated rings. The molecule has 282 valence electrons. The number of halogens is 3. The van der Waals surface area contributed by atoms with Crippen molar-refractivity contribution in [3.8, 4) is 11.3 Å². The van der Waals surface area contributed by atoms with Gasteiger partial charge in [0, 0.05) is 62.6 Å². The van der Waals surface area contributed by atoms with Crippen molar-refractivity contribution in [3.05, 3.63) is 66.4 Å². The number of hydrogen-bond acceptors (Lipinski definition) is 9. The second-order valence-electron chi connectivity index (χ2n) is 14.8. The highest BCUT2D eigenvalue weighted by atomic mass is 19.4. The lowest BCUT2D eigenvalue weighted by atomic mass is 10.0. The average Bonchev–Trinajstić information content (AvgIpc) is 3.67. The number of rotatable bonds is 8. The van der Waals surface area contributed by atoms with Gasteiger partial charge in [0.2, 0.25) is 0 Å². The third-order valence-corrected chi connectivity index (χ3v) is 8.57. The summed E-state index contributed by atoms with van der Waals surface area (Å²) >= 11 is 0. The van der Waals surface area contributed by atoms with Gasteiger partial charge in [-0.25, -0.2) is 24.5 Å². The topological polar surface area (TPSA) is 154 Å². The van der Waals surface area contributed by atoms with Gasteiger partial charge < -0.3 is 29.9 Å². The zero-order chi connectivity index (χ0) is 38.3. The summed E-state index contributed by atoms with van der Waals surface area (Å²) in [6.07, 6.45) is 0.950. The van der Waals surface area contributed by atoms with Crippen molar-refractivity contribution in [2.24, 2.45) is 0 Å². The Kier molecular flexibility index (Phi) is 10.1. The molecule has 14 nitrogen and oxygen atoms in total. The van der Waals surface area contributed by atoms with E-state index in [9.17, 15) is 27.9 Å². The molecule has 17 heteroatoms. The van der Waals surface area contributed by atoms with Crippen LogP contribution < -0.4 is 16.0 Å². The molecule has 1 aromatic carbocycles. The van der Waals surface area contributed by atoms with E-state index in [2.05, 4.69) is 35.8 Å². The molecular weight excluding hydrogens is 693 g/mol. The van der Waals surface area contributed by atoms with Gasteiger partial charge >= 0.3 is 18.3 Å². The number of amides is 3. The number of alkyl halides is 3. The zero-order valence-electron chi connectivity index (χ0n) is 30.4. The Morgan fingerprint density at radius 2 is 1.66 bits per heavy atom. The molecule has 4 aromatic heterocycles. The van der Waals surface area contributed by atoms with Crippen molar-refractivity contribution in [3.63, 3.8) is 0 Å². The molecule has 1 aliphatic heterocycles. The van der Waals surface area contributed by atoms with Crippen molar-refractivity contribution in [1.29, 1.82) is 0 Å². The summed E-state index contributed by atoms with van der Waals surface area (Å²) in [6, 6.07) is 6.38. The quantitative estimate of drug-likeness (QED) is 0.144. The molecular formula is C36H43F3N10O4. The molecule has 5 heterocycles. The van der Waals surface area contributed by atoms with E-state index in [4.69, 9.17) is 4.74 Å². The van der Waals surface area contributed by atoms with Gasteiger partial charge in [0.25, 0.3) is 0 Å². The van der Waals surface area contributed by atoms with Crippen LogP contribution in [0.15, 0.2) is 55.2 Å². The van der Waals surface area contributed by atoms with Crippen molar-refractivity contribution in [1.82, 2.24) is 33.7 Å². The van der Waals surface area contributed by atoms with E-state index in [0.717, 1.165) is 19.2 Å². The number of piperazine rings is 1. The van der Waals surface area contributed by atoms with Crippen LogP contribution in [0.4, 0.5) is 40.0 Å². The molecule has 0 aliphatic carbocycles. The number of urea groups is 1. The van der Waals surface area contributed by atoms with Crippen molar-refractivity contribution in [2.45, 2.75) is 65.1 Å². The number of carbonyl (C=O) groups is 2. The SMILES string of the molecule is CN1CCN(Cc2ccc(NC(=O)Nc3ccc(-c4cn(CC(C)(C)O)c5ncnc(NC(=O)OC(C)(C)C)c45)n4ccnc34)cc2C(F)(F)F)CC1.